The molecule has 2 rings (SSSR count). The highest BCUT2D eigenvalue weighted by molar-refractivity contribution is 5.85. The maximum absolute atomic E-state index is 5.58. The Bertz CT molecular complexity index is 477. The largest absolute Gasteiger partial charge is 0.493 e. The zero-order valence-corrected chi connectivity index (χ0v) is 15.4. The van der Waals surface area contributed by atoms with E-state index in [2.05, 4.69) is 23.3 Å². The van der Waals surface area contributed by atoms with E-state index in [4.69, 9.17) is 14.2 Å². The molecule has 0 aromatic heterocycles. The van der Waals surface area contributed by atoms with Crippen LogP contribution in [0.25, 0.3) is 0 Å². The molecule has 0 amide bonds. The fourth-order valence-corrected chi connectivity index (χ4v) is 3.13. The van der Waals surface area contributed by atoms with Gasteiger partial charge < -0.3 is 19.5 Å². The van der Waals surface area contributed by atoms with Crippen molar-refractivity contribution in [1.82, 2.24) is 10.2 Å². The van der Waals surface area contributed by atoms with Crippen LogP contribution in [-0.2, 0) is 6.54 Å². The van der Waals surface area contributed by atoms with Crippen molar-refractivity contribution >= 4 is 12.4 Å². The molecule has 1 aliphatic heterocycles. The molecule has 1 saturated heterocycles. The highest BCUT2D eigenvalue weighted by Gasteiger charge is 2.21. The van der Waals surface area contributed by atoms with Gasteiger partial charge in [0.25, 0.3) is 0 Å². The molecule has 1 atom stereocenters. The molecule has 1 N–H and O–H groups in total. The lowest BCUT2D eigenvalue weighted by atomic mass is 10.1. The van der Waals surface area contributed by atoms with Gasteiger partial charge in [0.15, 0.2) is 11.5 Å². The van der Waals surface area contributed by atoms with Crippen LogP contribution >= 0.6 is 12.4 Å². The topological polar surface area (TPSA) is 43.0 Å². The lowest BCUT2D eigenvalue weighted by molar-refractivity contribution is 0.213. The number of benzene rings is 1. The van der Waals surface area contributed by atoms with Gasteiger partial charge in [-0.1, -0.05) is 6.07 Å². The lowest BCUT2D eigenvalue weighted by Gasteiger charge is -2.28. The third-order valence-corrected chi connectivity index (χ3v) is 4.37. The average Bonchev–Trinajstić information content (AvgIpc) is 2.83. The summed E-state index contributed by atoms with van der Waals surface area (Å²) in [6, 6.07) is 4.61. The van der Waals surface area contributed by atoms with Crippen LogP contribution in [0.5, 0.6) is 17.2 Å². The van der Waals surface area contributed by atoms with Crippen LogP contribution in [0.3, 0.4) is 0 Å². The van der Waals surface area contributed by atoms with Crippen LogP contribution in [0.4, 0.5) is 0 Å². The summed E-state index contributed by atoms with van der Waals surface area (Å²) in [6.45, 7) is 3.07. The van der Waals surface area contributed by atoms with Crippen LogP contribution < -0.4 is 19.5 Å². The van der Waals surface area contributed by atoms with Gasteiger partial charge in [0, 0.05) is 18.2 Å². The molecule has 1 heterocycles. The molecule has 1 aromatic rings. The summed E-state index contributed by atoms with van der Waals surface area (Å²) < 4.78 is 16.4. The molecule has 0 spiro atoms. The van der Waals surface area contributed by atoms with Crippen molar-refractivity contribution in [3.05, 3.63) is 17.7 Å². The molecule has 0 saturated carbocycles. The van der Waals surface area contributed by atoms with Gasteiger partial charge in [0.2, 0.25) is 5.75 Å². The summed E-state index contributed by atoms with van der Waals surface area (Å²) in [7, 11) is 7.15. The Kier molecular flexibility index (Phi) is 8.52. The summed E-state index contributed by atoms with van der Waals surface area (Å²) in [5, 5.41) is 3.46. The minimum absolute atomic E-state index is 0. The van der Waals surface area contributed by atoms with Crippen molar-refractivity contribution in [2.24, 2.45) is 0 Å². The first-order valence-electron chi connectivity index (χ1n) is 7.90. The van der Waals surface area contributed by atoms with E-state index in [1.165, 1.54) is 19.3 Å². The zero-order valence-electron chi connectivity index (χ0n) is 14.6. The first-order valence-corrected chi connectivity index (χ1v) is 7.90. The van der Waals surface area contributed by atoms with E-state index in [1.54, 1.807) is 21.3 Å². The molecule has 5 nitrogen and oxygen atoms in total. The number of ether oxygens (including phenoxy) is 3. The van der Waals surface area contributed by atoms with E-state index in [9.17, 15) is 0 Å². The summed E-state index contributed by atoms with van der Waals surface area (Å²) in [4.78, 5) is 2.41. The predicted octanol–water partition coefficient (Wildman–Crippen LogP) is 2.71. The Morgan fingerprint density at radius 1 is 1.04 bits per heavy atom. The molecular weight excluding hydrogens is 316 g/mol. The number of halogens is 1. The summed E-state index contributed by atoms with van der Waals surface area (Å²) in [5.41, 5.74) is 1.12. The van der Waals surface area contributed by atoms with Gasteiger partial charge in [0.05, 0.1) is 21.3 Å². The molecule has 0 aliphatic carbocycles. The second-order valence-corrected chi connectivity index (χ2v) is 5.74. The molecule has 0 radical (unpaired) electrons. The van der Waals surface area contributed by atoms with E-state index >= 15 is 0 Å². The quantitative estimate of drug-likeness (QED) is 0.859. The number of nitrogens with one attached hydrogen (secondary N) is 1. The fraction of sp³-hybridized carbons (Fsp3) is 0.647. The van der Waals surface area contributed by atoms with E-state index in [1.807, 2.05) is 6.07 Å². The van der Waals surface area contributed by atoms with Crippen molar-refractivity contribution in [3.8, 4) is 17.2 Å². The van der Waals surface area contributed by atoms with Crippen molar-refractivity contribution in [1.29, 1.82) is 0 Å². The third-order valence-electron chi connectivity index (χ3n) is 4.37. The van der Waals surface area contributed by atoms with E-state index in [0.29, 0.717) is 17.5 Å². The molecular formula is C17H29ClN2O3. The SMILES string of the molecule is COc1ccc(CN(C)C2CCCNCC2)c(OC)c1OC.Cl. The van der Waals surface area contributed by atoms with Crippen molar-refractivity contribution in [2.75, 3.05) is 41.5 Å². The van der Waals surface area contributed by atoms with Gasteiger partial charge in [-0.3, -0.25) is 4.90 Å². The van der Waals surface area contributed by atoms with Gasteiger partial charge in [-0.15, -0.1) is 12.4 Å². The fourth-order valence-electron chi connectivity index (χ4n) is 3.13. The van der Waals surface area contributed by atoms with Crippen molar-refractivity contribution in [2.45, 2.75) is 31.8 Å². The number of hydrogen-bond donors (Lipinski definition) is 1. The number of methoxy groups -OCH3 is 3. The zero-order chi connectivity index (χ0) is 15.9. The van der Waals surface area contributed by atoms with E-state index in [-0.39, 0.29) is 12.4 Å². The summed E-state index contributed by atoms with van der Waals surface area (Å²) in [6.07, 6.45) is 3.66. The maximum atomic E-state index is 5.58. The van der Waals surface area contributed by atoms with Gasteiger partial charge in [-0.2, -0.15) is 0 Å². The van der Waals surface area contributed by atoms with Gasteiger partial charge >= 0.3 is 0 Å². The second-order valence-electron chi connectivity index (χ2n) is 5.74. The molecule has 6 heteroatoms. The summed E-state index contributed by atoms with van der Waals surface area (Å²) in [5.74, 6) is 2.13. The minimum Gasteiger partial charge on any atom is -0.493 e. The van der Waals surface area contributed by atoms with Crippen LogP contribution in [0, 0.1) is 0 Å². The molecule has 0 bridgehead atoms. The molecule has 1 aliphatic rings. The van der Waals surface area contributed by atoms with Crippen LogP contribution in [0.1, 0.15) is 24.8 Å². The van der Waals surface area contributed by atoms with Gasteiger partial charge in [-0.25, -0.2) is 0 Å². The standard InChI is InChI=1S/C17H28N2O3.ClH/c1-19(14-6-5-10-18-11-9-14)12-13-7-8-15(20-2)17(22-4)16(13)21-3;/h7-8,14,18H,5-6,9-12H2,1-4H3;1H. The van der Waals surface area contributed by atoms with Crippen molar-refractivity contribution in [3.63, 3.8) is 0 Å². The van der Waals surface area contributed by atoms with Crippen LogP contribution in [0.2, 0.25) is 0 Å². The average molecular weight is 345 g/mol. The Morgan fingerprint density at radius 2 is 1.78 bits per heavy atom. The number of nitrogens with zero attached hydrogens (tertiary/aromatic N) is 1. The first kappa shape index (κ1) is 19.9. The smallest absolute Gasteiger partial charge is 0.203 e. The number of hydrogen-bond acceptors (Lipinski definition) is 5. The minimum atomic E-state index is 0. The normalized spacial score (nSPS) is 18.0. The molecule has 1 aromatic carbocycles. The Morgan fingerprint density at radius 3 is 2.43 bits per heavy atom. The Balaban J connectivity index is 0.00000264. The number of rotatable bonds is 6. The van der Waals surface area contributed by atoms with Crippen LogP contribution in [-0.4, -0.2) is 52.4 Å². The van der Waals surface area contributed by atoms with E-state index in [0.717, 1.165) is 30.9 Å². The highest BCUT2D eigenvalue weighted by Crippen LogP contribution is 2.40. The molecule has 132 valence electrons. The lowest BCUT2D eigenvalue weighted by Crippen LogP contribution is -2.32. The van der Waals surface area contributed by atoms with Crippen molar-refractivity contribution < 1.29 is 14.2 Å². The monoisotopic (exact) mass is 344 g/mol. The third kappa shape index (κ3) is 4.90. The molecule has 23 heavy (non-hydrogen) atoms. The second kappa shape index (κ2) is 9.85. The van der Waals surface area contributed by atoms with Gasteiger partial charge in [0.1, 0.15) is 0 Å². The van der Waals surface area contributed by atoms with Gasteiger partial charge in [-0.05, 0) is 45.5 Å². The predicted molar refractivity (Wildman–Crippen MR) is 95.3 cm³/mol. The Hall–Kier alpha value is -1.17. The van der Waals surface area contributed by atoms with E-state index < -0.39 is 0 Å². The Labute approximate surface area is 145 Å². The maximum Gasteiger partial charge on any atom is 0.203 e. The van der Waals surface area contributed by atoms with Crippen LogP contribution in [0.15, 0.2) is 12.1 Å². The molecule has 1 unspecified atom stereocenters. The molecule has 1 fully saturated rings. The summed E-state index contributed by atoms with van der Waals surface area (Å²) >= 11 is 0. The first-order chi connectivity index (χ1) is 10.7. The highest BCUT2D eigenvalue weighted by atomic mass is 35.5.